The molecule has 0 aliphatic carbocycles. The summed E-state index contributed by atoms with van der Waals surface area (Å²) in [7, 11) is 0. The molecule has 7 nitrogen and oxygen atoms in total. The maximum absolute atomic E-state index is 10.4. The number of rotatable bonds is 6. The minimum atomic E-state index is -0.247. The molecule has 1 aromatic heterocycles. The van der Waals surface area contributed by atoms with Gasteiger partial charge in [0.25, 0.3) is 0 Å². The van der Waals surface area contributed by atoms with Crippen molar-refractivity contribution in [3.8, 4) is 0 Å². The average molecular weight is 337 g/mol. The minimum Gasteiger partial charge on any atom is -0.390 e. The van der Waals surface area contributed by atoms with Gasteiger partial charge in [0, 0.05) is 39.3 Å². The van der Waals surface area contributed by atoms with Gasteiger partial charge < -0.3 is 14.5 Å². The number of hydrogen-bond acceptors (Lipinski definition) is 7. The van der Waals surface area contributed by atoms with Crippen molar-refractivity contribution in [3.63, 3.8) is 0 Å². The second kappa shape index (κ2) is 8.38. The van der Waals surface area contributed by atoms with Crippen molar-refractivity contribution in [3.05, 3.63) is 11.7 Å². The zero-order chi connectivity index (χ0) is 16.9. The Balaban J connectivity index is 1.34. The third-order valence-corrected chi connectivity index (χ3v) is 5.21. The molecule has 2 aliphatic rings. The number of nitrogens with zero attached hydrogens (tertiary/aromatic N) is 5. The molecule has 3 rings (SSSR count). The Morgan fingerprint density at radius 2 is 1.62 bits per heavy atom. The van der Waals surface area contributed by atoms with Crippen LogP contribution in [0.2, 0.25) is 0 Å². The van der Waals surface area contributed by atoms with Gasteiger partial charge in [0.15, 0.2) is 5.82 Å². The summed E-state index contributed by atoms with van der Waals surface area (Å²) in [6.45, 7) is 12.7. The Morgan fingerprint density at radius 3 is 2.21 bits per heavy atom. The Bertz CT molecular complexity index is 493. The number of piperidine rings is 1. The van der Waals surface area contributed by atoms with Crippen molar-refractivity contribution in [1.82, 2.24) is 24.8 Å². The van der Waals surface area contributed by atoms with Gasteiger partial charge in [-0.05, 0) is 38.8 Å². The highest BCUT2D eigenvalue weighted by Crippen LogP contribution is 2.16. The third-order valence-electron chi connectivity index (χ3n) is 5.21. The average Bonchev–Trinajstić information content (AvgIpc) is 2.96. The first-order chi connectivity index (χ1) is 11.6. The first-order valence-electron chi connectivity index (χ1n) is 9.23. The predicted octanol–water partition coefficient (Wildman–Crippen LogP) is 0.588. The molecular weight excluding hydrogens is 306 g/mol. The van der Waals surface area contributed by atoms with Crippen LogP contribution in [-0.2, 0) is 6.54 Å². The molecular formula is C17H31N5O2. The van der Waals surface area contributed by atoms with Gasteiger partial charge in [-0.3, -0.25) is 9.80 Å². The van der Waals surface area contributed by atoms with Crippen LogP contribution < -0.4 is 0 Å². The van der Waals surface area contributed by atoms with Crippen molar-refractivity contribution in [1.29, 1.82) is 0 Å². The van der Waals surface area contributed by atoms with E-state index in [9.17, 15) is 5.11 Å². The highest BCUT2D eigenvalue weighted by Gasteiger charge is 2.23. The molecule has 2 saturated heterocycles. The minimum absolute atomic E-state index is 0.247. The summed E-state index contributed by atoms with van der Waals surface area (Å²) < 4.78 is 5.19. The number of hydrogen-bond donors (Lipinski definition) is 1. The summed E-state index contributed by atoms with van der Waals surface area (Å²) in [5.74, 6) is 2.23. The molecule has 1 N–H and O–H groups in total. The lowest BCUT2D eigenvalue weighted by Crippen LogP contribution is -2.50. The van der Waals surface area contributed by atoms with E-state index in [0.29, 0.717) is 11.7 Å². The van der Waals surface area contributed by atoms with Gasteiger partial charge in [-0.1, -0.05) is 12.1 Å². The molecule has 7 heteroatoms. The molecule has 136 valence electrons. The van der Waals surface area contributed by atoms with Crippen LogP contribution in [0.5, 0.6) is 0 Å². The van der Waals surface area contributed by atoms with Gasteiger partial charge in [-0.2, -0.15) is 4.98 Å². The Morgan fingerprint density at radius 1 is 1.04 bits per heavy atom. The van der Waals surface area contributed by atoms with E-state index in [0.717, 1.165) is 64.8 Å². The number of piperazine rings is 1. The SMILES string of the molecule is Cc1noc(CN2CCN(CC(O)CN3CCC(C)CC3)CC2)n1. The second-order valence-electron chi connectivity index (χ2n) is 7.45. The van der Waals surface area contributed by atoms with Crippen molar-refractivity contribution in [2.45, 2.75) is 39.3 Å². The summed E-state index contributed by atoms with van der Waals surface area (Å²) in [4.78, 5) is 11.4. The lowest BCUT2D eigenvalue weighted by Gasteiger charge is -2.36. The Labute approximate surface area is 144 Å². The first-order valence-corrected chi connectivity index (χ1v) is 9.23. The predicted molar refractivity (Wildman–Crippen MR) is 91.6 cm³/mol. The summed E-state index contributed by atoms with van der Waals surface area (Å²) in [5, 5.41) is 14.2. The molecule has 3 heterocycles. The topological polar surface area (TPSA) is 68.9 Å². The summed E-state index contributed by atoms with van der Waals surface area (Å²) in [6.07, 6.45) is 2.28. The maximum atomic E-state index is 10.4. The van der Waals surface area contributed by atoms with Gasteiger partial charge in [0.05, 0.1) is 12.6 Å². The number of β-amino-alcohol motifs (C(OH)–C–C–N with tert-alkyl or cyclic N) is 1. The first kappa shape index (κ1) is 17.8. The summed E-state index contributed by atoms with van der Waals surface area (Å²) >= 11 is 0. The largest absolute Gasteiger partial charge is 0.390 e. The van der Waals surface area contributed by atoms with E-state index in [1.807, 2.05) is 6.92 Å². The molecule has 2 fully saturated rings. The number of aromatic nitrogens is 2. The number of aliphatic hydroxyl groups is 1. The number of aryl methyl sites for hydroxylation is 1. The van der Waals surface area contributed by atoms with Crippen LogP contribution >= 0.6 is 0 Å². The molecule has 0 aromatic carbocycles. The molecule has 1 aromatic rings. The summed E-state index contributed by atoms with van der Waals surface area (Å²) in [5.41, 5.74) is 0. The second-order valence-corrected chi connectivity index (χ2v) is 7.45. The molecule has 0 spiro atoms. The van der Waals surface area contributed by atoms with E-state index in [2.05, 4.69) is 31.8 Å². The van der Waals surface area contributed by atoms with Crippen LogP contribution in [0.15, 0.2) is 4.52 Å². The quantitative estimate of drug-likeness (QED) is 0.815. The van der Waals surface area contributed by atoms with Gasteiger partial charge >= 0.3 is 0 Å². The Hall–Kier alpha value is -1.02. The zero-order valence-electron chi connectivity index (χ0n) is 15.0. The highest BCUT2D eigenvalue weighted by atomic mass is 16.5. The fourth-order valence-corrected chi connectivity index (χ4v) is 3.62. The standard InChI is InChI=1S/C17H31N5O2/c1-14-3-5-20(6-4-14)11-16(23)12-21-7-9-22(10-8-21)13-17-18-15(2)19-24-17/h14,16,23H,3-13H2,1-2H3. The zero-order valence-corrected chi connectivity index (χ0v) is 15.0. The molecule has 0 amide bonds. The van der Waals surface area contributed by atoms with Crippen LogP contribution in [0.4, 0.5) is 0 Å². The fraction of sp³-hybridized carbons (Fsp3) is 0.882. The number of likely N-dealkylation sites (tertiary alicyclic amines) is 1. The van der Waals surface area contributed by atoms with E-state index < -0.39 is 0 Å². The van der Waals surface area contributed by atoms with E-state index in [1.165, 1.54) is 12.8 Å². The van der Waals surface area contributed by atoms with Crippen molar-refractivity contribution >= 4 is 0 Å². The van der Waals surface area contributed by atoms with Crippen LogP contribution in [-0.4, -0.2) is 88.4 Å². The van der Waals surface area contributed by atoms with Gasteiger partial charge in [-0.15, -0.1) is 0 Å². The van der Waals surface area contributed by atoms with Crippen LogP contribution in [0.25, 0.3) is 0 Å². The van der Waals surface area contributed by atoms with Crippen LogP contribution in [0.3, 0.4) is 0 Å². The third kappa shape index (κ3) is 5.24. The van der Waals surface area contributed by atoms with Crippen molar-refractivity contribution < 1.29 is 9.63 Å². The van der Waals surface area contributed by atoms with Crippen LogP contribution in [0.1, 0.15) is 31.5 Å². The van der Waals surface area contributed by atoms with Crippen molar-refractivity contribution in [2.75, 3.05) is 52.4 Å². The van der Waals surface area contributed by atoms with Crippen molar-refractivity contribution in [2.24, 2.45) is 5.92 Å². The van der Waals surface area contributed by atoms with E-state index >= 15 is 0 Å². The number of aliphatic hydroxyl groups excluding tert-OH is 1. The summed E-state index contributed by atoms with van der Waals surface area (Å²) in [6, 6.07) is 0. The lowest BCUT2D eigenvalue weighted by molar-refractivity contribution is 0.0398. The molecule has 0 bridgehead atoms. The van der Waals surface area contributed by atoms with Crippen LogP contribution in [0, 0.1) is 12.8 Å². The monoisotopic (exact) mass is 337 g/mol. The fourth-order valence-electron chi connectivity index (χ4n) is 3.62. The normalized spacial score (nSPS) is 23.6. The molecule has 0 radical (unpaired) electrons. The maximum Gasteiger partial charge on any atom is 0.240 e. The highest BCUT2D eigenvalue weighted by molar-refractivity contribution is 4.85. The molecule has 0 saturated carbocycles. The van der Waals surface area contributed by atoms with Gasteiger partial charge in [-0.25, -0.2) is 0 Å². The lowest BCUT2D eigenvalue weighted by atomic mass is 9.99. The molecule has 1 unspecified atom stereocenters. The molecule has 24 heavy (non-hydrogen) atoms. The van der Waals surface area contributed by atoms with E-state index in [-0.39, 0.29) is 6.10 Å². The van der Waals surface area contributed by atoms with E-state index in [1.54, 1.807) is 0 Å². The van der Waals surface area contributed by atoms with Gasteiger partial charge in [0.1, 0.15) is 0 Å². The smallest absolute Gasteiger partial charge is 0.240 e. The Kier molecular flexibility index (Phi) is 6.21. The molecule has 2 aliphatic heterocycles. The van der Waals surface area contributed by atoms with Gasteiger partial charge in [0.2, 0.25) is 5.89 Å². The van der Waals surface area contributed by atoms with E-state index in [4.69, 9.17) is 4.52 Å². The molecule has 1 atom stereocenters.